The van der Waals surface area contributed by atoms with Crippen molar-refractivity contribution in [2.24, 2.45) is 5.92 Å². The van der Waals surface area contributed by atoms with Crippen molar-refractivity contribution in [3.8, 4) is 5.75 Å². The van der Waals surface area contributed by atoms with E-state index in [9.17, 15) is 4.79 Å². The van der Waals surface area contributed by atoms with Crippen LogP contribution in [0, 0.1) is 19.8 Å². The Morgan fingerprint density at radius 1 is 1.35 bits per heavy atom. The fraction of sp³-hybridized carbons (Fsp3) is 0.632. The van der Waals surface area contributed by atoms with Gasteiger partial charge in [0.15, 0.2) is 0 Å². The van der Waals surface area contributed by atoms with Gasteiger partial charge >= 0.3 is 0 Å². The number of nitrogens with one attached hydrogen (secondary N) is 1. The summed E-state index contributed by atoms with van der Waals surface area (Å²) >= 11 is 0. The number of piperidine rings is 1. The third-order valence-electron chi connectivity index (χ3n) is 4.52. The zero-order valence-electron chi connectivity index (χ0n) is 14.7. The van der Waals surface area contributed by atoms with Gasteiger partial charge in [-0.2, -0.15) is 0 Å². The van der Waals surface area contributed by atoms with E-state index in [1.165, 1.54) is 30.5 Å². The van der Waals surface area contributed by atoms with E-state index in [1.54, 1.807) is 6.92 Å². The Balaban J connectivity index is 1.68. The Morgan fingerprint density at radius 2 is 2.09 bits per heavy atom. The van der Waals surface area contributed by atoms with Crippen LogP contribution in [0.3, 0.4) is 0 Å². The second-order valence-corrected chi connectivity index (χ2v) is 6.67. The molecule has 1 aromatic carbocycles. The second kappa shape index (κ2) is 8.92. The van der Waals surface area contributed by atoms with E-state index < -0.39 is 0 Å². The van der Waals surface area contributed by atoms with Gasteiger partial charge in [-0.05, 0) is 56.7 Å². The van der Waals surface area contributed by atoms with E-state index in [0.29, 0.717) is 5.92 Å². The molecule has 0 aromatic heterocycles. The Hall–Kier alpha value is -1.55. The number of nitrogens with zero attached hydrogens (tertiary/aromatic N) is 1. The molecular formula is C19H30N2O2. The fourth-order valence-corrected chi connectivity index (χ4v) is 3.30. The number of ether oxygens (including phenoxy) is 1. The summed E-state index contributed by atoms with van der Waals surface area (Å²) in [5, 5.41) is 2.95. The molecule has 0 radical (unpaired) electrons. The first kappa shape index (κ1) is 17.8. The van der Waals surface area contributed by atoms with Crippen LogP contribution in [0.1, 0.15) is 37.3 Å². The van der Waals surface area contributed by atoms with Gasteiger partial charge in [0.25, 0.3) is 0 Å². The fourth-order valence-electron chi connectivity index (χ4n) is 3.30. The molecule has 1 aromatic rings. The first-order valence-corrected chi connectivity index (χ1v) is 8.72. The lowest BCUT2D eigenvalue weighted by Crippen LogP contribution is -2.41. The van der Waals surface area contributed by atoms with E-state index >= 15 is 0 Å². The van der Waals surface area contributed by atoms with Crippen LogP contribution in [0.15, 0.2) is 18.2 Å². The minimum atomic E-state index is 0.0733. The summed E-state index contributed by atoms with van der Waals surface area (Å²) in [6, 6.07) is 6.26. The van der Waals surface area contributed by atoms with Crippen molar-refractivity contribution >= 4 is 5.91 Å². The predicted molar refractivity (Wildman–Crippen MR) is 93.9 cm³/mol. The smallest absolute Gasteiger partial charge is 0.216 e. The van der Waals surface area contributed by atoms with Crippen molar-refractivity contribution in [3.63, 3.8) is 0 Å². The summed E-state index contributed by atoms with van der Waals surface area (Å²) in [6.45, 7) is 10.7. The highest BCUT2D eigenvalue weighted by molar-refractivity contribution is 5.72. The van der Waals surface area contributed by atoms with Crippen LogP contribution in [0.5, 0.6) is 5.75 Å². The number of hydrogen-bond acceptors (Lipinski definition) is 3. The molecule has 4 heteroatoms. The molecule has 1 fully saturated rings. The molecule has 0 bridgehead atoms. The van der Waals surface area contributed by atoms with Crippen molar-refractivity contribution < 1.29 is 9.53 Å². The lowest BCUT2D eigenvalue weighted by Gasteiger charge is -2.32. The average molecular weight is 318 g/mol. The number of aryl methyl sites for hydroxylation is 2. The Morgan fingerprint density at radius 3 is 2.78 bits per heavy atom. The van der Waals surface area contributed by atoms with Crippen LogP contribution in [-0.4, -0.2) is 43.6 Å². The average Bonchev–Trinajstić information content (AvgIpc) is 2.52. The van der Waals surface area contributed by atoms with Crippen LogP contribution in [0.2, 0.25) is 0 Å². The van der Waals surface area contributed by atoms with Crippen LogP contribution < -0.4 is 10.1 Å². The van der Waals surface area contributed by atoms with Gasteiger partial charge in [0, 0.05) is 26.6 Å². The molecule has 1 aliphatic heterocycles. The van der Waals surface area contributed by atoms with Crippen molar-refractivity contribution in [2.45, 2.75) is 40.0 Å². The standard InChI is InChI=1S/C19H30N2O2/c1-15-7-4-8-16(2)19(15)23-12-6-11-21-10-5-9-18(14-21)13-20-17(3)22/h4,7-8,18H,5-6,9-14H2,1-3H3,(H,20,22). The molecule has 1 N–H and O–H groups in total. The number of para-hydroxylation sites is 1. The van der Waals surface area contributed by atoms with Gasteiger partial charge in [0.2, 0.25) is 5.91 Å². The van der Waals surface area contributed by atoms with Gasteiger partial charge in [-0.15, -0.1) is 0 Å². The molecule has 0 saturated carbocycles. The summed E-state index contributed by atoms with van der Waals surface area (Å²) < 4.78 is 5.98. The normalized spacial score (nSPS) is 18.7. The number of hydrogen-bond donors (Lipinski definition) is 1. The molecule has 23 heavy (non-hydrogen) atoms. The zero-order valence-corrected chi connectivity index (χ0v) is 14.7. The number of carbonyl (C=O) groups excluding carboxylic acids is 1. The highest BCUT2D eigenvalue weighted by Crippen LogP contribution is 2.22. The maximum Gasteiger partial charge on any atom is 0.216 e. The van der Waals surface area contributed by atoms with Gasteiger partial charge in [-0.25, -0.2) is 0 Å². The summed E-state index contributed by atoms with van der Waals surface area (Å²) in [6.07, 6.45) is 3.48. The highest BCUT2D eigenvalue weighted by Gasteiger charge is 2.19. The lowest BCUT2D eigenvalue weighted by atomic mass is 9.98. The van der Waals surface area contributed by atoms with Crippen LogP contribution in [0.4, 0.5) is 0 Å². The maximum atomic E-state index is 11.0. The van der Waals surface area contributed by atoms with Crippen molar-refractivity contribution in [1.82, 2.24) is 10.2 Å². The van der Waals surface area contributed by atoms with E-state index in [1.807, 2.05) is 0 Å². The minimum Gasteiger partial charge on any atom is -0.493 e. The first-order chi connectivity index (χ1) is 11.1. The molecule has 1 saturated heterocycles. The molecular weight excluding hydrogens is 288 g/mol. The quantitative estimate of drug-likeness (QED) is 0.786. The van der Waals surface area contributed by atoms with E-state index in [2.05, 4.69) is 42.3 Å². The lowest BCUT2D eigenvalue weighted by molar-refractivity contribution is -0.119. The summed E-state index contributed by atoms with van der Waals surface area (Å²) in [5.74, 6) is 1.70. The zero-order chi connectivity index (χ0) is 16.7. The molecule has 1 amide bonds. The Bertz CT molecular complexity index is 496. The monoisotopic (exact) mass is 318 g/mol. The molecule has 1 unspecified atom stereocenters. The topological polar surface area (TPSA) is 41.6 Å². The predicted octanol–water partition coefficient (Wildman–Crippen LogP) is 2.92. The first-order valence-electron chi connectivity index (χ1n) is 8.72. The summed E-state index contributed by atoms with van der Waals surface area (Å²) in [5.41, 5.74) is 2.41. The molecule has 2 rings (SSSR count). The van der Waals surface area contributed by atoms with E-state index in [0.717, 1.165) is 38.4 Å². The van der Waals surface area contributed by atoms with Crippen molar-refractivity contribution in [3.05, 3.63) is 29.3 Å². The molecule has 128 valence electrons. The third-order valence-corrected chi connectivity index (χ3v) is 4.52. The van der Waals surface area contributed by atoms with Crippen LogP contribution in [-0.2, 0) is 4.79 Å². The molecule has 0 spiro atoms. The number of benzene rings is 1. The van der Waals surface area contributed by atoms with Gasteiger partial charge in [-0.3, -0.25) is 4.79 Å². The maximum absolute atomic E-state index is 11.0. The van der Waals surface area contributed by atoms with Gasteiger partial charge in [0.1, 0.15) is 5.75 Å². The SMILES string of the molecule is CC(=O)NCC1CCCN(CCCOc2c(C)cccc2C)C1. The minimum absolute atomic E-state index is 0.0733. The van der Waals surface area contributed by atoms with Gasteiger partial charge in [0.05, 0.1) is 6.61 Å². The van der Waals surface area contributed by atoms with E-state index in [-0.39, 0.29) is 5.91 Å². The van der Waals surface area contributed by atoms with Crippen LogP contribution in [0.25, 0.3) is 0 Å². The number of amides is 1. The highest BCUT2D eigenvalue weighted by atomic mass is 16.5. The molecule has 1 atom stereocenters. The summed E-state index contributed by atoms with van der Waals surface area (Å²) in [7, 11) is 0. The number of likely N-dealkylation sites (tertiary alicyclic amines) is 1. The number of carbonyl (C=O) groups is 1. The van der Waals surface area contributed by atoms with Crippen molar-refractivity contribution in [1.29, 1.82) is 0 Å². The van der Waals surface area contributed by atoms with Gasteiger partial charge in [-0.1, -0.05) is 18.2 Å². The Labute approximate surface area is 140 Å². The molecule has 1 aliphatic rings. The van der Waals surface area contributed by atoms with E-state index in [4.69, 9.17) is 4.74 Å². The molecule has 4 nitrogen and oxygen atoms in total. The molecule has 1 heterocycles. The largest absolute Gasteiger partial charge is 0.493 e. The summed E-state index contributed by atoms with van der Waals surface area (Å²) in [4.78, 5) is 13.5. The Kier molecular flexibility index (Phi) is 6.90. The van der Waals surface area contributed by atoms with Crippen LogP contribution >= 0.6 is 0 Å². The third kappa shape index (κ3) is 5.87. The van der Waals surface area contributed by atoms with Crippen molar-refractivity contribution in [2.75, 3.05) is 32.8 Å². The van der Waals surface area contributed by atoms with Gasteiger partial charge < -0.3 is 15.0 Å². The number of rotatable bonds is 7. The second-order valence-electron chi connectivity index (χ2n) is 6.67. The molecule has 0 aliphatic carbocycles.